The molecule has 0 saturated carbocycles. The van der Waals surface area contributed by atoms with Crippen molar-refractivity contribution in [1.82, 2.24) is 4.57 Å². The first kappa shape index (κ1) is 9.97. The Balaban J connectivity index is 2.29. The number of benzene rings is 1. The van der Waals surface area contributed by atoms with Crippen LogP contribution in [0, 0.1) is 19.7 Å². The maximum absolute atomic E-state index is 13.0. The highest BCUT2D eigenvalue weighted by Crippen LogP contribution is 2.12. The van der Waals surface area contributed by atoms with Crippen molar-refractivity contribution < 1.29 is 4.39 Å². The summed E-state index contributed by atoms with van der Waals surface area (Å²) in [5.41, 5.74) is 3.41. The molecule has 15 heavy (non-hydrogen) atoms. The molecule has 2 rings (SSSR count). The second-order valence-electron chi connectivity index (χ2n) is 3.83. The van der Waals surface area contributed by atoms with Crippen molar-refractivity contribution in [2.24, 2.45) is 0 Å². The van der Waals surface area contributed by atoms with Gasteiger partial charge < -0.3 is 4.57 Å². The van der Waals surface area contributed by atoms with Gasteiger partial charge >= 0.3 is 0 Å². The van der Waals surface area contributed by atoms with Gasteiger partial charge in [-0.3, -0.25) is 0 Å². The summed E-state index contributed by atoms with van der Waals surface area (Å²) in [6.45, 7) is 4.86. The summed E-state index contributed by atoms with van der Waals surface area (Å²) in [7, 11) is 0. The Morgan fingerprint density at radius 1 is 1.07 bits per heavy atom. The molecule has 0 N–H and O–H groups in total. The summed E-state index contributed by atoms with van der Waals surface area (Å²) < 4.78 is 15.2. The average Bonchev–Trinajstić information content (AvgIpc) is 2.50. The van der Waals surface area contributed by atoms with Crippen LogP contribution in [0.3, 0.4) is 0 Å². The van der Waals surface area contributed by atoms with E-state index in [0.29, 0.717) is 0 Å². The molecule has 0 spiro atoms. The summed E-state index contributed by atoms with van der Waals surface area (Å²) in [5.74, 6) is -0.171. The van der Waals surface area contributed by atoms with Gasteiger partial charge in [-0.2, -0.15) is 0 Å². The molecule has 0 unspecified atom stereocenters. The van der Waals surface area contributed by atoms with Crippen LogP contribution in [0.4, 0.5) is 4.39 Å². The first-order valence-electron chi connectivity index (χ1n) is 5.04. The smallest absolute Gasteiger partial charge is 0.123 e. The van der Waals surface area contributed by atoms with E-state index < -0.39 is 0 Å². The molecule has 0 saturated heterocycles. The van der Waals surface area contributed by atoms with Crippen LogP contribution in [-0.4, -0.2) is 4.57 Å². The van der Waals surface area contributed by atoms with E-state index in [9.17, 15) is 4.39 Å². The highest BCUT2D eigenvalue weighted by atomic mass is 19.1. The van der Waals surface area contributed by atoms with Gasteiger partial charge in [-0.15, -0.1) is 0 Å². The summed E-state index contributed by atoms with van der Waals surface area (Å²) in [6, 6.07) is 10.9. The van der Waals surface area contributed by atoms with Crippen LogP contribution in [-0.2, 0) is 6.54 Å². The molecule has 0 atom stereocenters. The number of aryl methyl sites for hydroxylation is 2. The van der Waals surface area contributed by atoms with Crippen molar-refractivity contribution in [1.29, 1.82) is 0 Å². The Bertz CT molecular complexity index is 452. The van der Waals surface area contributed by atoms with Gasteiger partial charge in [0, 0.05) is 17.9 Å². The van der Waals surface area contributed by atoms with Gasteiger partial charge in [0.25, 0.3) is 0 Å². The summed E-state index contributed by atoms with van der Waals surface area (Å²) in [5, 5.41) is 0. The van der Waals surface area contributed by atoms with E-state index in [-0.39, 0.29) is 5.82 Å². The highest BCUT2D eigenvalue weighted by Gasteiger charge is 2.02. The minimum absolute atomic E-state index is 0.171. The molecule has 0 aliphatic rings. The lowest BCUT2D eigenvalue weighted by atomic mass is 10.2. The molecule has 0 radical (unpaired) electrons. The lowest BCUT2D eigenvalue weighted by Crippen LogP contribution is -2.03. The van der Waals surface area contributed by atoms with E-state index in [1.54, 1.807) is 12.1 Å². The van der Waals surface area contributed by atoms with Crippen LogP contribution in [0.2, 0.25) is 0 Å². The van der Waals surface area contributed by atoms with Crippen LogP contribution in [0.1, 0.15) is 17.0 Å². The molecule has 0 aliphatic carbocycles. The Morgan fingerprint density at radius 2 is 1.73 bits per heavy atom. The van der Waals surface area contributed by atoms with Crippen LogP contribution in [0.15, 0.2) is 36.4 Å². The number of hydrogen-bond donors (Lipinski definition) is 0. The van der Waals surface area contributed by atoms with Crippen molar-refractivity contribution in [2.75, 3.05) is 0 Å². The average molecular weight is 203 g/mol. The van der Waals surface area contributed by atoms with Gasteiger partial charge in [-0.25, -0.2) is 4.39 Å². The van der Waals surface area contributed by atoms with Gasteiger partial charge in [-0.1, -0.05) is 12.1 Å². The van der Waals surface area contributed by atoms with Gasteiger partial charge in [-0.05, 0) is 43.7 Å². The first-order valence-corrected chi connectivity index (χ1v) is 5.04. The Morgan fingerprint density at radius 3 is 2.33 bits per heavy atom. The Labute approximate surface area is 89.2 Å². The lowest BCUT2D eigenvalue weighted by Gasteiger charge is -2.09. The first-order chi connectivity index (χ1) is 7.16. The minimum atomic E-state index is -0.171. The number of rotatable bonds is 2. The third-order valence-corrected chi connectivity index (χ3v) is 2.65. The van der Waals surface area contributed by atoms with Crippen molar-refractivity contribution in [3.63, 3.8) is 0 Å². The maximum atomic E-state index is 13.0. The maximum Gasteiger partial charge on any atom is 0.123 e. The lowest BCUT2D eigenvalue weighted by molar-refractivity contribution is 0.622. The normalized spacial score (nSPS) is 10.6. The van der Waals surface area contributed by atoms with Crippen LogP contribution < -0.4 is 0 Å². The van der Waals surface area contributed by atoms with Crippen LogP contribution in [0.5, 0.6) is 0 Å². The van der Waals surface area contributed by atoms with Crippen LogP contribution >= 0.6 is 0 Å². The number of hydrogen-bond acceptors (Lipinski definition) is 0. The summed E-state index contributed by atoms with van der Waals surface area (Å²) >= 11 is 0. The molecule has 0 bridgehead atoms. The van der Waals surface area contributed by atoms with E-state index in [1.807, 2.05) is 6.07 Å². The predicted octanol–water partition coefficient (Wildman–Crippen LogP) is 3.29. The van der Waals surface area contributed by atoms with Gasteiger partial charge in [0.2, 0.25) is 0 Å². The fraction of sp³-hybridized carbons (Fsp3) is 0.231. The third-order valence-electron chi connectivity index (χ3n) is 2.65. The van der Waals surface area contributed by atoms with Crippen molar-refractivity contribution >= 4 is 0 Å². The molecular formula is C13H14FN. The number of halogens is 1. The SMILES string of the molecule is Cc1ccc(C)n1Cc1cccc(F)c1. The Hall–Kier alpha value is -1.57. The van der Waals surface area contributed by atoms with Gasteiger partial charge in [0.05, 0.1) is 0 Å². The number of aromatic nitrogens is 1. The summed E-state index contributed by atoms with van der Waals surface area (Å²) in [4.78, 5) is 0. The Kier molecular flexibility index (Phi) is 2.58. The van der Waals surface area contributed by atoms with Crippen molar-refractivity contribution in [3.8, 4) is 0 Å². The van der Waals surface area contributed by atoms with E-state index >= 15 is 0 Å². The summed E-state index contributed by atoms with van der Waals surface area (Å²) in [6.07, 6.45) is 0. The fourth-order valence-corrected chi connectivity index (χ4v) is 1.77. The van der Waals surface area contributed by atoms with Crippen LogP contribution in [0.25, 0.3) is 0 Å². The zero-order valence-corrected chi connectivity index (χ0v) is 9.00. The third kappa shape index (κ3) is 2.09. The monoisotopic (exact) mass is 203 g/mol. The highest BCUT2D eigenvalue weighted by molar-refractivity contribution is 5.21. The van der Waals surface area contributed by atoms with Crippen molar-refractivity contribution in [3.05, 3.63) is 59.2 Å². The van der Waals surface area contributed by atoms with E-state index in [4.69, 9.17) is 0 Å². The zero-order valence-electron chi connectivity index (χ0n) is 9.00. The minimum Gasteiger partial charge on any atom is -0.345 e. The quantitative estimate of drug-likeness (QED) is 0.705. The van der Waals surface area contributed by atoms with E-state index in [0.717, 1.165) is 12.1 Å². The molecule has 78 valence electrons. The van der Waals surface area contributed by atoms with E-state index in [1.165, 1.54) is 17.5 Å². The fourth-order valence-electron chi connectivity index (χ4n) is 1.77. The molecule has 1 aromatic carbocycles. The largest absolute Gasteiger partial charge is 0.345 e. The molecule has 1 heterocycles. The van der Waals surface area contributed by atoms with E-state index in [2.05, 4.69) is 30.5 Å². The van der Waals surface area contributed by atoms with Gasteiger partial charge in [0.1, 0.15) is 5.82 Å². The zero-order chi connectivity index (χ0) is 10.8. The molecule has 0 fully saturated rings. The van der Waals surface area contributed by atoms with Crippen molar-refractivity contribution in [2.45, 2.75) is 20.4 Å². The number of nitrogens with zero attached hydrogens (tertiary/aromatic N) is 1. The molecule has 2 heteroatoms. The molecule has 0 aliphatic heterocycles. The molecule has 1 nitrogen and oxygen atoms in total. The molecular weight excluding hydrogens is 189 g/mol. The van der Waals surface area contributed by atoms with Gasteiger partial charge in [0.15, 0.2) is 0 Å². The second-order valence-corrected chi connectivity index (χ2v) is 3.83. The molecule has 2 aromatic rings. The molecule has 0 amide bonds. The second kappa shape index (κ2) is 3.89. The standard InChI is InChI=1S/C13H14FN/c1-10-6-7-11(2)15(10)9-12-4-3-5-13(14)8-12/h3-8H,9H2,1-2H3. The predicted molar refractivity (Wildman–Crippen MR) is 59.4 cm³/mol. The topological polar surface area (TPSA) is 4.93 Å². The molecule has 1 aromatic heterocycles.